The Labute approximate surface area is 182 Å². The van der Waals surface area contributed by atoms with Gasteiger partial charge in [0, 0.05) is 24.3 Å². The predicted molar refractivity (Wildman–Crippen MR) is 120 cm³/mol. The van der Waals surface area contributed by atoms with Crippen LogP contribution in [-0.2, 0) is 6.73 Å². The van der Waals surface area contributed by atoms with Crippen LogP contribution in [0.4, 0.5) is 0 Å². The Hall–Kier alpha value is -3.80. The molecule has 4 aromatic rings. The molecular weight excluding hydrogens is 388 g/mol. The largest absolute Gasteiger partial charge is 0.471 e. The highest BCUT2D eigenvalue weighted by molar-refractivity contribution is 5.92. The fourth-order valence-electron chi connectivity index (χ4n) is 3.37. The Bertz CT molecular complexity index is 1180. The number of aryl methyl sites for hydroxylation is 2. The number of amides is 1. The van der Waals surface area contributed by atoms with E-state index in [0.29, 0.717) is 5.69 Å². The maximum absolute atomic E-state index is 12.7. The zero-order valence-electron chi connectivity index (χ0n) is 17.9. The zero-order chi connectivity index (χ0) is 21.8. The summed E-state index contributed by atoms with van der Waals surface area (Å²) in [5, 5.41) is 7.38. The van der Waals surface area contributed by atoms with Crippen molar-refractivity contribution in [2.24, 2.45) is 0 Å². The van der Waals surface area contributed by atoms with Crippen molar-refractivity contribution in [1.29, 1.82) is 0 Å². The van der Waals surface area contributed by atoms with Crippen LogP contribution in [0, 0.1) is 13.8 Å². The highest BCUT2D eigenvalue weighted by Gasteiger charge is 2.15. The van der Waals surface area contributed by atoms with Crippen LogP contribution < -0.4 is 10.1 Å². The standard InChI is InChI=1S/C25H26N4O2/c1-18-9-10-19(2)24(15-18)31-17-29-14-11-23(27-29)25(30)26-20(3)21-7-6-8-22(16-21)28-12-4-5-13-28/h4-16,20H,17H2,1-3H3,(H,26,30). The fraction of sp³-hybridized carbons (Fsp3) is 0.200. The number of benzene rings is 2. The van der Waals surface area contributed by atoms with Gasteiger partial charge in [-0.05, 0) is 73.9 Å². The summed E-state index contributed by atoms with van der Waals surface area (Å²) in [6, 6.07) is 19.7. The van der Waals surface area contributed by atoms with E-state index in [1.54, 1.807) is 16.9 Å². The van der Waals surface area contributed by atoms with Crippen LogP contribution in [0.3, 0.4) is 0 Å². The van der Waals surface area contributed by atoms with Gasteiger partial charge in [0.25, 0.3) is 5.91 Å². The molecule has 31 heavy (non-hydrogen) atoms. The van der Waals surface area contributed by atoms with Gasteiger partial charge in [-0.1, -0.05) is 24.3 Å². The van der Waals surface area contributed by atoms with Gasteiger partial charge in [-0.3, -0.25) is 4.79 Å². The lowest BCUT2D eigenvalue weighted by Crippen LogP contribution is -2.27. The van der Waals surface area contributed by atoms with Crippen LogP contribution in [0.2, 0.25) is 0 Å². The summed E-state index contributed by atoms with van der Waals surface area (Å²) in [4.78, 5) is 12.7. The maximum atomic E-state index is 12.7. The minimum absolute atomic E-state index is 0.153. The topological polar surface area (TPSA) is 61.1 Å². The summed E-state index contributed by atoms with van der Waals surface area (Å²) in [7, 11) is 0. The summed E-state index contributed by atoms with van der Waals surface area (Å²) < 4.78 is 9.52. The highest BCUT2D eigenvalue weighted by atomic mass is 16.5. The minimum Gasteiger partial charge on any atom is -0.471 e. The van der Waals surface area contributed by atoms with E-state index in [0.717, 1.165) is 28.1 Å². The average Bonchev–Trinajstić information content (AvgIpc) is 3.47. The number of ether oxygens (including phenoxy) is 1. The second-order valence-corrected chi connectivity index (χ2v) is 7.66. The second-order valence-electron chi connectivity index (χ2n) is 7.66. The molecule has 2 aromatic heterocycles. The predicted octanol–water partition coefficient (Wildman–Crippen LogP) is 4.82. The first-order chi connectivity index (χ1) is 15.0. The van der Waals surface area contributed by atoms with Gasteiger partial charge in [-0.15, -0.1) is 0 Å². The molecule has 0 spiro atoms. The summed E-state index contributed by atoms with van der Waals surface area (Å²) in [5.74, 6) is 0.599. The molecule has 1 atom stereocenters. The van der Waals surface area contributed by atoms with Crippen LogP contribution in [-0.4, -0.2) is 20.3 Å². The van der Waals surface area contributed by atoms with Crippen molar-refractivity contribution in [1.82, 2.24) is 19.7 Å². The summed E-state index contributed by atoms with van der Waals surface area (Å²) in [5.41, 5.74) is 4.63. The number of rotatable bonds is 7. The average molecular weight is 415 g/mol. The van der Waals surface area contributed by atoms with Gasteiger partial charge < -0.3 is 14.6 Å². The quantitative estimate of drug-likeness (QED) is 0.472. The highest BCUT2D eigenvalue weighted by Crippen LogP contribution is 2.20. The number of hydrogen-bond donors (Lipinski definition) is 1. The molecule has 6 heteroatoms. The molecule has 2 aromatic carbocycles. The SMILES string of the molecule is Cc1ccc(C)c(OCn2ccc(C(=O)NC(C)c3cccc(-n4cccc4)c3)n2)c1. The van der Waals surface area contributed by atoms with E-state index < -0.39 is 0 Å². The van der Waals surface area contributed by atoms with Crippen LogP contribution in [0.15, 0.2) is 79.3 Å². The molecule has 4 rings (SSSR count). The zero-order valence-corrected chi connectivity index (χ0v) is 17.9. The summed E-state index contributed by atoms with van der Waals surface area (Å²) in [6.07, 6.45) is 5.74. The molecular formula is C25H26N4O2. The smallest absolute Gasteiger partial charge is 0.272 e. The Balaban J connectivity index is 1.39. The molecule has 0 aliphatic rings. The van der Waals surface area contributed by atoms with Crippen molar-refractivity contribution in [3.05, 3.63) is 102 Å². The molecule has 0 saturated carbocycles. The lowest BCUT2D eigenvalue weighted by atomic mass is 10.1. The number of carbonyl (C=O) groups is 1. The van der Waals surface area contributed by atoms with Crippen LogP contribution in [0.1, 0.15) is 40.1 Å². The number of aromatic nitrogens is 3. The monoisotopic (exact) mass is 414 g/mol. The van der Waals surface area contributed by atoms with E-state index in [-0.39, 0.29) is 18.7 Å². The van der Waals surface area contributed by atoms with Gasteiger partial charge in [-0.25, -0.2) is 4.68 Å². The molecule has 2 heterocycles. The van der Waals surface area contributed by atoms with Gasteiger partial charge in [0.2, 0.25) is 0 Å². The maximum Gasteiger partial charge on any atom is 0.272 e. The van der Waals surface area contributed by atoms with Crippen LogP contribution in [0.5, 0.6) is 5.75 Å². The van der Waals surface area contributed by atoms with Crippen molar-refractivity contribution < 1.29 is 9.53 Å². The van der Waals surface area contributed by atoms with Gasteiger partial charge in [0.15, 0.2) is 6.73 Å². The van der Waals surface area contributed by atoms with Crippen molar-refractivity contribution in [2.75, 3.05) is 0 Å². The molecule has 0 bridgehead atoms. The van der Waals surface area contributed by atoms with E-state index in [4.69, 9.17) is 4.74 Å². The summed E-state index contributed by atoms with van der Waals surface area (Å²) in [6.45, 7) is 6.24. The molecule has 158 valence electrons. The molecule has 0 aliphatic heterocycles. The van der Waals surface area contributed by atoms with E-state index >= 15 is 0 Å². The van der Waals surface area contributed by atoms with Gasteiger partial charge in [-0.2, -0.15) is 5.10 Å². The minimum atomic E-state index is -0.218. The lowest BCUT2D eigenvalue weighted by Gasteiger charge is -2.15. The van der Waals surface area contributed by atoms with Crippen molar-refractivity contribution >= 4 is 5.91 Å². The Morgan fingerprint density at radius 2 is 1.84 bits per heavy atom. The van der Waals surface area contributed by atoms with Crippen LogP contribution >= 0.6 is 0 Å². The van der Waals surface area contributed by atoms with E-state index in [1.165, 1.54) is 0 Å². The van der Waals surface area contributed by atoms with Crippen molar-refractivity contribution in [3.8, 4) is 11.4 Å². The van der Waals surface area contributed by atoms with E-state index in [1.807, 2.05) is 86.3 Å². The molecule has 1 unspecified atom stereocenters. The first kappa shape index (κ1) is 20.5. The van der Waals surface area contributed by atoms with E-state index in [2.05, 4.69) is 16.5 Å². The third-order valence-corrected chi connectivity index (χ3v) is 5.19. The molecule has 0 fully saturated rings. The first-order valence-corrected chi connectivity index (χ1v) is 10.3. The Kier molecular flexibility index (Phi) is 5.89. The van der Waals surface area contributed by atoms with E-state index in [9.17, 15) is 4.79 Å². The molecule has 0 saturated heterocycles. The second kappa shape index (κ2) is 8.92. The third kappa shape index (κ3) is 4.86. The first-order valence-electron chi connectivity index (χ1n) is 10.3. The van der Waals surface area contributed by atoms with Crippen molar-refractivity contribution in [2.45, 2.75) is 33.5 Å². The molecule has 1 amide bonds. The number of carbonyl (C=O) groups excluding carboxylic acids is 1. The Morgan fingerprint density at radius 1 is 1.03 bits per heavy atom. The van der Waals surface area contributed by atoms with Crippen LogP contribution in [0.25, 0.3) is 5.69 Å². The van der Waals surface area contributed by atoms with Gasteiger partial charge in [0.1, 0.15) is 11.4 Å². The fourth-order valence-corrected chi connectivity index (χ4v) is 3.37. The van der Waals surface area contributed by atoms with Crippen molar-refractivity contribution in [3.63, 3.8) is 0 Å². The molecule has 0 aliphatic carbocycles. The normalized spacial score (nSPS) is 11.8. The third-order valence-electron chi connectivity index (χ3n) is 5.19. The number of hydrogen-bond acceptors (Lipinski definition) is 3. The molecule has 6 nitrogen and oxygen atoms in total. The van der Waals surface area contributed by atoms with Gasteiger partial charge in [0.05, 0.1) is 6.04 Å². The molecule has 1 N–H and O–H groups in total. The number of nitrogens with one attached hydrogen (secondary N) is 1. The molecule has 0 radical (unpaired) electrons. The number of nitrogens with zero attached hydrogens (tertiary/aromatic N) is 3. The van der Waals surface area contributed by atoms with Gasteiger partial charge >= 0.3 is 0 Å². The summed E-state index contributed by atoms with van der Waals surface area (Å²) >= 11 is 0. The Morgan fingerprint density at radius 3 is 2.65 bits per heavy atom. The lowest BCUT2D eigenvalue weighted by molar-refractivity contribution is 0.0932.